The van der Waals surface area contributed by atoms with Crippen LogP contribution in [0.2, 0.25) is 5.02 Å². The Hall–Kier alpha value is -1.11. The lowest BCUT2D eigenvalue weighted by molar-refractivity contribution is -0.119. The van der Waals surface area contributed by atoms with E-state index >= 15 is 0 Å². The van der Waals surface area contributed by atoms with Crippen LogP contribution in [-0.4, -0.2) is 39.4 Å². The number of Topliss-reactive ketones (excluding diaryl/α,β-unsaturated/α-hetero) is 1. The number of methoxy groups -OCH3 is 1. The monoisotopic (exact) mass is 319 g/mol. The van der Waals surface area contributed by atoms with Crippen LogP contribution < -0.4 is 10.5 Å². The van der Waals surface area contributed by atoms with Gasteiger partial charge in [0.25, 0.3) is 0 Å². The van der Waals surface area contributed by atoms with E-state index in [1.165, 1.54) is 7.11 Å². The van der Waals surface area contributed by atoms with Crippen molar-refractivity contribution in [2.24, 2.45) is 5.73 Å². The van der Waals surface area contributed by atoms with Gasteiger partial charge in [0, 0.05) is 23.3 Å². The summed E-state index contributed by atoms with van der Waals surface area (Å²) < 4.78 is 27.3. The number of carbonyl (C=O) groups is 1. The molecule has 0 saturated carbocycles. The van der Waals surface area contributed by atoms with Gasteiger partial charge in [-0.05, 0) is 24.6 Å². The Balaban J connectivity index is 2.73. The van der Waals surface area contributed by atoms with Crippen LogP contribution in [0.4, 0.5) is 0 Å². The number of ketones is 1. The molecule has 0 amide bonds. The van der Waals surface area contributed by atoms with Crippen LogP contribution in [0.15, 0.2) is 18.2 Å². The zero-order valence-corrected chi connectivity index (χ0v) is 13.0. The SMILES string of the molecule is COc1ccc(Cl)cc1CC(=O)C(N)CCS(C)(=O)=O. The maximum atomic E-state index is 12.0. The Morgan fingerprint density at radius 3 is 2.65 bits per heavy atom. The first-order chi connectivity index (χ1) is 9.23. The Bertz CT molecular complexity index is 586. The zero-order chi connectivity index (χ0) is 15.3. The Morgan fingerprint density at radius 1 is 1.45 bits per heavy atom. The number of carbonyl (C=O) groups excluding carboxylic acids is 1. The van der Waals surface area contributed by atoms with Crippen molar-refractivity contribution in [1.29, 1.82) is 0 Å². The molecule has 0 fully saturated rings. The second kappa shape index (κ2) is 7.06. The largest absolute Gasteiger partial charge is 0.496 e. The fourth-order valence-electron chi connectivity index (χ4n) is 1.71. The molecule has 0 saturated heterocycles. The van der Waals surface area contributed by atoms with Gasteiger partial charge < -0.3 is 10.5 Å². The first-order valence-electron chi connectivity index (χ1n) is 6.01. The summed E-state index contributed by atoms with van der Waals surface area (Å²) in [6.45, 7) is 0. The first-order valence-corrected chi connectivity index (χ1v) is 8.45. The molecule has 0 bridgehead atoms. The molecule has 0 aliphatic heterocycles. The number of hydrogen-bond donors (Lipinski definition) is 1. The van der Waals surface area contributed by atoms with Crippen LogP contribution in [0.25, 0.3) is 0 Å². The van der Waals surface area contributed by atoms with Crippen molar-refractivity contribution < 1.29 is 17.9 Å². The van der Waals surface area contributed by atoms with Crippen LogP contribution >= 0.6 is 11.6 Å². The van der Waals surface area contributed by atoms with Crippen molar-refractivity contribution in [3.05, 3.63) is 28.8 Å². The average molecular weight is 320 g/mol. The molecular weight excluding hydrogens is 302 g/mol. The van der Waals surface area contributed by atoms with E-state index in [9.17, 15) is 13.2 Å². The van der Waals surface area contributed by atoms with E-state index in [0.717, 1.165) is 6.26 Å². The molecule has 0 aromatic heterocycles. The summed E-state index contributed by atoms with van der Waals surface area (Å²) in [6.07, 6.45) is 1.29. The standard InChI is InChI=1S/C13H18ClNO4S/c1-19-13-4-3-10(14)7-9(13)8-12(16)11(15)5-6-20(2,17)18/h3-4,7,11H,5-6,8,15H2,1-2H3. The van der Waals surface area contributed by atoms with E-state index < -0.39 is 15.9 Å². The highest BCUT2D eigenvalue weighted by atomic mass is 35.5. The Kier molecular flexibility index (Phi) is 5.98. The second-order valence-corrected chi connectivity index (χ2v) is 7.32. The molecule has 1 aromatic rings. The van der Waals surface area contributed by atoms with Gasteiger partial charge in [-0.25, -0.2) is 8.42 Å². The van der Waals surface area contributed by atoms with Crippen LogP contribution in [0, 0.1) is 0 Å². The highest BCUT2D eigenvalue weighted by Crippen LogP contribution is 2.23. The third kappa shape index (κ3) is 5.48. The van der Waals surface area contributed by atoms with E-state index in [-0.39, 0.29) is 24.4 Å². The van der Waals surface area contributed by atoms with Gasteiger partial charge in [-0.2, -0.15) is 0 Å². The molecule has 20 heavy (non-hydrogen) atoms. The molecule has 5 nitrogen and oxygen atoms in total. The zero-order valence-electron chi connectivity index (χ0n) is 11.4. The number of ether oxygens (including phenoxy) is 1. The summed E-state index contributed by atoms with van der Waals surface area (Å²) in [6, 6.07) is 4.17. The first kappa shape index (κ1) is 16.9. The molecule has 0 aliphatic carbocycles. The summed E-state index contributed by atoms with van der Waals surface area (Å²) in [5.74, 6) is 0.208. The minimum Gasteiger partial charge on any atom is -0.496 e. The average Bonchev–Trinajstić information content (AvgIpc) is 2.35. The van der Waals surface area contributed by atoms with E-state index in [1.54, 1.807) is 18.2 Å². The van der Waals surface area contributed by atoms with Gasteiger partial charge in [0.1, 0.15) is 15.6 Å². The number of hydrogen-bond acceptors (Lipinski definition) is 5. The predicted molar refractivity (Wildman–Crippen MR) is 79.0 cm³/mol. The van der Waals surface area contributed by atoms with Crippen LogP contribution in [0.5, 0.6) is 5.75 Å². The third-order valence-corrected chi connectivity index (χ3v) is 4.03. The van der Waals surface area contributed by atoms with Gasteiger partial charge in [0.05, 0.1) is 18.9 Å². The van der Waals surface area contributed by atoms with Crippen molar-refractivity contribution in [2.45, 2.75) is 18.9 Å². The van der Waals surface area contributed by atoms with Gasteiger partial charge in [0.2, 0.25) is 0 Å². The van der Waals surface area contributed by atoms with Crippen molar-refractivity contribution in [3.63, 3.8) is 0 Å². The number of rotatable bonds is 7. The number of nitrogens with two attached hydrogens (primary N) is 1. The quantitative estimate of drug-likeness (QED) is 0.816. The number of benzene rings is 1. The fourth-order valence-corrected chi connectivity index (χ4v) is 2.58. The summed E-state index contributed by atoms with van der Waals surface area (Å²) in [5, 5.41) is 0.498. The van der Waals surface area contributed by atoms with E-state index in [2.05, 4.69) is 0 Å². The fraction of sp³-hybridized carbons (Fsp3) is 0.462. The van der Waals surface area contributed by atoms with Gasteiger partial charge >= 0.3 is 0 Å². The molecule has 1 aromatic carbocycles. The minimum atomic E-state index is -3.12. The smallest absolute Gasteiger partial charge is 0.154 e. The van der Waals surface area contributed by atoms with Crippen molar-refractivity contribution in [1.82, 2.24) is 0 Å². The molecule has 0 spiro atoms. The molecule has 1 rings (SSSR count). The third-order valence-electron chi connectivity index (χ3n) is 2.82. The molecule has 1 atom stereocenters. The lowest BCUT2D eigenvalue weighted by Crippen LogP contribution is -2.33. The van der Waals surface area contributed by atoms with E-state index in [4.69, 9.17) is 22.1 Å². The molecule has 112 valence electrons. The van der Waals surface area contributed by atoms with E-state index in [1.807, 2.05) is 0 Å². The predicted octanol–water partition coefficient (Wildman–Crippen LogP) is 1.22. The van der Waals surface area contributed by atoms with Gasteiger partial charge in [-0.3, -0.25) is 4.79 Å². The normalized spacial score (nSPS) is 13.0. The highest BCUT2D eigenvalue weighted by Gasteiger charge is 2.18. The summed E-state index contributed by atoms with van der Waals surface area (Å²) in [7, 11) is -1.62. The Labute approximate surface area is 124 Å². The number of sulfone groups is 1. The van der Waals surface area contributed by atoms with Gasteiger partial charge in [0.15, 0.2) is 5.78 Å². The van der Waals surface area contributed by atoms with Crippen molar-refractivity contribution >= 4 is 27.2 Å². The minimum absolute atomic E-state index is 0.0641. The molecule has 0 heterocycles. The van der Waals surface area contributed by atoms with Crippen LogP contribution in [0.1, 0.15) is 12.0 Å². The van der Waals surface area contributed by atoms with Crippen molar-refractivity contribution in [3.8, 4) is 5.75 Å². The maximum absolute atomic E-state index is 12.0. The maximum Gasteiger partial charge on any atom is 0.154 e. The molecule has 0 radical (unpaired) electrons. The summed E-state index contributed by atoms with van der Waals surface area (Å²) in [5.41, 5.74) is 6.35. The molecule has 7 heteroatoms. The molecule has 1 unspecified atom stereocenters. The number of halogens is 1. The summed E-state index contributed by atoms with van der Waals surface area (Å²) in [4.78, 5) is 12.0. The highest BCUT2D eigenvalue weighted by molar-refractivity contribution is 7.90. The topological polar surface area (TPSA) is 86.5 Å². The molecular formula is C13H18ClNO4S. The van der Waals surface area contributed by atoms with Gasteiger partial charge in [-0.15, -0.1) is 0 Å². The molecule has 2 N–H and O–H groups in total. The summed E-state index contributed by atoms with van der Waals surface area (Å²) >= 11 is 5.88. The Morgan fingerprint density at radius 2 is 2.10 bits per heavy atom. The second-order valence-electron chi connectivity index (χ2n) is 4.62. The van der Waals surface area contributed by atoms with E-state index in [0.29, 0.717) is 16.3 Å². The lowest BCUT2D eigenvalue weighted by Gasteiger charge is -2.12. The van der Waals surface area contributed by atoms with Crippen molar-refractivity contribution in [2.75, 3.05) is 19.1 Å². The van der Waals surface area contributed by atoms with Gasteiger partial charge in [-0.1, -0.05) is 11.6 Å². The van der Waals surface area contributed by atoms with Crippen LogP contribution in [0.3, 0.4) is 0 Å². The molecule has 0 aliphatic rings. The van der Waals surface area contributed by atoms with Crippen LogP contribution in [-0.2, 0) is 21.1 Å². The lowest BCUT2D eigenvalue weighted by atomic mass is 10.0.